The van der Waals surface area contributed by atoms with Gasteiger partial charge in [-0.1, -0.05) is 0 Å². The third-order valence-corrected chi connectivity index (χ3v) is 5.02. The van der Waals surface area contributed by atoms with E-state index in [1.165, 1.54) is 0 Å². The second-order valence-corrected chi connectivity index (χ2v) is 7.85. The fraction of sp³-hybridized carbons (Fsp3) is 0.857. The van der Waals surface area contributed by atoms with Gasteiger partial charge in [0.2, 0.25) is 5.91 Å². The standard InChI is InChI=1S/C14H23NO15S/c1-3(17)15-5-10(9(30-31(24,25)26)4(2-16)27-13(5)23)28-14-8(20)6(18)7(19)11(29-14)12(21)22/h4-11,13-14,16,18-20,23H,2H2,1H3,(H,15,17)(H,21,22)(H,24,25,26)/t4-,5-,6+,7+,8-,9-,10-,11+,13+,14-/m1/s1. The van der Waals surface area contributed by atoms with Crippen LogP contribution in [0.15, 0.2) is 0 Å². The fourth-order valence-corrected chi connectivity index (χ4v) is 3.71. The lowest BCUT2D eigenvalue weighted by molar-refractivity contribution is -0.334. The minimum atomic E-state index is -5.22. The Morgan fingerprint density at radius 3 is 2.13 bits per heavy atom. The minimum absolute atomic E-state index is 0.779. The molecule has 31 heavy (non-hydrogen) atoms. The van der Waals surface area contributed by atoms with Crippen LogP contribution in [0, 0.1) is 0 Å². The molecule has 0 unspecified atom stereocenters. The molecular formula is C14H23NO15S. The number of nitrogens with one attached hydrogen (secondary N) is 1. The second-order valence-electron chi connectivity index (χ2n) is 6.80. The minimum Gasteiger partial charge on any atom is -0.479 e. The average Bonchev–Trinajstić information content (AvgIpc) is 2.64. The molecule has 2 saturated heterocycles. The number of hydrogen-bond donors (Lipinski definition) is 8. The lowest BCUT2D eigenvalue weighted by atomic mass is 9.95. The molecule has 2 fully saturated rings. The van der Waals surface area contributed by atoms with Gasteiger partial charge in [0.05, 0.1) is 6.61 Å². The van der Waals surface area contributed by atoms with E-state index in [0.717, 1.165) is 6.92 Å². The predicted octanol–water partition coefficient (Wildman–Crippen LogP) is -5.33. The third kappa shape index (κ3) is 6.05. The van der Waals surface area contributed by atoms with Gasteiger partial charge in [-0.05, 0) is 0 Å². The van der Waals surface area contributed by atoms with Gasteiger partial charge in [-0.15, -0.1) is 0 Å². The maximum Gasteiger partial charge on any atom is 0.397 e. The van der Waals surface area contributed by atoms with Crippen molar-refractivity contribution in [3.05, 3.63) is 0 Å². The van der Waals surface area contributed by atoms with Crippen molar-refractivity contribution in [3.63, 3.8) is 0 Å². The van der Waals surface area contributed by atoms with E-state index in [4.69, 9.17) is 23.9 Å². The first-order valence-electron chi connectivity index (χ1n) is 8.72. The van der Waals surface area contributed by atoms with Crippen LogP contribution in [0.3, 0.4) is 0 Å². The van der Waals surface area contributed by atoms with Gasteiger partial charge < -0.3 is 50.2 Å². The zero-order valence-corrected chi connectivity index (χ0v) is 16.6. The average molecular weight is 477 g/mol. The van der Waals surface area contributed by atoms with Crippen LogP contribution < -0.4 is 5.32 Å². The molecule has 2 aliphatic rings. The van der Waals surface area contributed by atoms with Crippen LogP contribution in [0.25, 0.3) is 0 Å². The summed E-state index contributed by atoms with van der Waals surface area (Å²) in [6, 6.07) is -1.64. The van der Waals surface area contributed by atoms with E-state index in [2.05, 4.69) is 9.50 Å². The van der Waals surface area contributed by atoms with Crippen molar-refractivity contribution in [3.8, 4) is 0 Å². The van der Waals surface area contributed by atoms with Crippen LogP contribution in [0.1, 0.15) is 6.92 Å². The number of carboxylic acids is 1. The Kier molecular flexibility index (Phi) is 8.27. The molecule has 0 aromatic heterocycles. The monoisotopic (exact) mass is 477 g/mol. The summed E-state index contributed by atoms with van der Waals surface area (Å²) in [5, 5.41) is 60.6. The van der Waals surface area contributed by atoms with Gasteiger partial charge in [-0.25, -0.2) is 8.98 Å². The SMILES string of the molecule is CC(=O)N[C@@H]1[C@@H](O[C@@H]2O[C@H](C(=O)O)[C@@H](O)[C@H](O)[C@H]2O)[C@H](OS(=O)(=O)O)[C@@H](CO)O[C@@H]1O. The highest BCUT2D eigenvalue weighted by atomic mass is 32.3. The summed E-state index contributed by atoms with van der Waals surface area (Å²) in [5.74, 6) is -2.52. The molecule has 2 aliphatic heterocycles. The zero-order valence-electron chi connectivity index (χ0n) is 15.8. The molecule has 16 nitrogen and oxygen atoms in total. The summed E-state index contributed by atoms with van der Waals surface area (Å²) in [4.78, 5) is 22.8. The van der Waals surface area contributed by atoms with E-state index < -0.39 is 90.2 Å². The van der Waals surface area contributed by atoms with Crippen molar-refractivity contribution in [2.75, 3.05) is 6.61 Å². The normalized spacial score (nSPS) is 41.5. The molecule has 2 heterocycles. The van der Waals surface area contributed by atoms with E-state index in [1.807, 2.05) is 0 Å². The molecule has 180 valence electrons. The predicted molar refractivity (Wildman–Crippen MR) is 91.2 cm³/mol. The molecule has 0 aromatic rings. The van der Waals surface area contributed by atoms with Gasteiger partial charge in [0.1, 0.15) is 42.7 Å². The Hall–Kier alpha value is -1.51. The van der Waals surface area contributed by atoms with Gasteiger partial charge in [-0.3, -0.25) is 9.35 Å². The van der Waals surface area contributed by atoms with E-state index in [-0.39, 0.29) is 0 Å². The molecule has 1 amide bonds. The Labute approximate surface area is 174 Å². The maximum absolute atomic E-state index is 11.5. The van der Waals surface area contributed by atoms with Crippen molar-refractivity contribution in [2.24, 2.45) is 0 Å². The van der Waals surface area contributed by atoms with Gasteiger partial charge in [0.25, 0.3) is 0 Å². The summed E-state index contributed by atoms with van der Waals surface area (Å²) in [6.45, 7) is 0.0319. The lowest BCUT2D eigenvalue weighted by Gasteiger charge is -2.46. The summed E-state index contributed by atoms with van der Waals surface area (Å²) in [7, 11) is -5.22. The topological polar surface area (TPSA) is 259 Å². The van der Waals surface area contributed by atoms with Gasteiger partial charge >= 0.3 is 16.4 Å². The van der Waals surface area contributed by atoms with Crippen molar-refractivity contribution >= 4 is 22.3 Å². The zero-order chi connectivity index (χ0) is 23.7. The van der Waals surface area contributed by atoms with Crippen LogP contribution in [-0.2, 0) is 38.4 Å². The van der Waals surface area contributed by atoms with Gasteiger partial charge in [-0.2, -0.15) is 8.42 Å². The summed E-state index contributed by atoms with van der Waals surface area (Å²) >= 11 is 0. The van der Waals surface area contributed by atoms with Crippen LogP contribution in [0.5, 0.6) is 0 Å². The number of amides is 1. The number of ether oxygens (including phenoxy) is 3. The Balaban J connectivity index is 2.42. The van der Waals surface area contributed by atoms with E-state index >= 15 is 0 Å². The van der Waals surface area contributed by atoms with Crippen LogP contribution in [-0.4, -0.2) is 123 Å². The molecule has 0 saturated carbocycles. The highest BCUT2D eigenvalue weighted by molar-refractivity contribution is 7.80. The highest BCUT2D eigenvalue weighted by Crippen LogP contribution is 2.30. The quantitative estimate of drug-likeness (QED) is 0.159. The van der Waals surface area contributed by atoms with E-state index in [1.54, 1.807) is 0 Å². The molecule has 10 atom stereocenters. The van der Waals surface area contributed by atoms with Gasteiger partial charge in [0, 0.05) is 6.92 Å². The molecule has 0 aromatic carbocycles. The number of carboxylic acid groups (broad SMARTS) is 1. The molecule has 0 spiro atoms. The molecule has 0 aliphatic carbocycles. The number of carbonyl (C=O) groups excluding carboxylic acids is 1. The number of hydrogen-bond acceptors (Lipinski definition) is 13. The molecule has 8 N–H and O–H groups in total. The molecule has 0 bridgehead atoms. The summed E-state index contributed by atoms with van der Waals surface area (Å²) in [5.41, 5.74) is 0. The number of aliphatic hydroxyl groups is 5. The van der Waals surface area contributed by atoms with Crippen LogP contribution in [0.4, 0.5) is 0 Å². The largest absolute Gasteiger partial charge is 0.479 e. The van der Waals surface area contributed by atoms with E-state index in [9.17, 15) is 43.5 Å². The number of rotatable bonds is 7. The first kappa shape index (κ1) is 25.7. The number of aliphatic hydroxyl groups excluding tert-OH is 5. The molecular weight excluding hydrogens is 454 g/mol. The third-order valence-electron chi connectivity index (χ3n) is 4.55. The van der Waals surface area contributed by atoms with Crippen molar-refractivity contribution in [1.82, 2.24) is 5.32 Å². The number of aliphatic carboxylic acids is 1. The Morgan fingerprint density at radius 1 is 1.03 bits per heavy atom. The van der Waals surface area contributed by atoms with Gasteiger partial charge in [0.15, 0.2) is 18.7 Å². The first-order chi connectivity index (χ1) is 14.3. The van der Waals surface area contributed by atoms with Crippen LogP contribution in [0.2, 0.25) is 0 Å². The lowest BCUT2D eigenvalue weighted by Crippen LogP contribution is -2.68. The summed E-state index contributed by atoms with van der Waals surface area (Å²) in [6.07, 6.45) is -17.8. The molecule has 0 radical (unpaired) electrons. The number of carbonyl (C=O) groups is 2. The van der Waals surface area contributed by atoms with Crippen LogP contribution >= 0.6 is 0 Å². The van der Waals surface area contributed by atoms with Crippen molar-refractivity contribution in [1.29, 1.82) is 0 Å². The van der Waals surface area contributed by atoms with Crippen molar-refractivity contribution < 1.29 is 71.6 Å². The molecule has 2 rings (SSSR count). The second kappa shape index (κ2) is 9.96. The maximum atomic E-state index is 11.5. The highest BCUT2D eigenvalue weighted by Gasteiger charge is 2.53. The smallest absolute Gasteiger partial charge is 0.397 e. The Bertz CT molecular complexity index is 761. The van der Waals surface area contributed by atoms with E-state index in [0.29, 0.717) is 0 Å². The van der Waals surface area contributed by atoms with Crippen molar-refractivity contribution in [2.45, 2.75) is 68.3 Å². The summed E-state index contributed by atoms with van der Waals surface area (Å²) < 4.78 is 51.3. The first-order valence-corrected chi connectivity index (χ1v) is 10.1. The molecule has 17 heteroatoms. The fourth-order valence-electron chi connectivity index (χ4n) is 3.19. The Morgan fingerprint density at radius 2 is 1.65 bits per heavy atom.